The van der Waals surface area contributed by atoms with Gasteiger partial charge < -0.3 is 11.1 Å². The summed E-state index contributed by atoms with van der Waals surface area (Å²) in [6.07, 6.45) is 1.15. The summed E-state index contributed by atoms with van der Waals surface area (Å²) in [6, 6.07) is 0.435. The Hall–Kier alpha value is -0.210. The SMILES string of the molecule is COS(=O)(=O)O.NC1CCNC1. The molecule has 0 aromatic carbocycles. The van der Waals surface area contributed by atoms with E-state index in [1.54, 1.807) is 0 Å². The van der Waals surface area contributed by atoms with Crippen LogP contribution in [0.25, 0.3) is 0 Å². The first kappa shape index (κ1) is 11.8. The lowest BCUT2D eigenvalue weighted by Gasteiger charge is -1.91. The summed E-state index contributed by atoms with van der Waals surface area (Å²) >= 11 is 0. The summed E-state index contributed by atoms with van der Waals surface area (Å²) in [6.45, 7) is 2.13. The lowest BCUT2D eigenvalue weighted by atomic mass is 10.3. The van der Waals surface area contributed by atoms with Gasteiger partial charge in [0.05, 0.1) is 7.11 Å². The van der Waals surface area contributed by atoms with Gasteiger partial charge >= 0.3 is 10.4 Å². The molecule has 0 radical (unpaired) electrons. The van der Waals surface area contributed by atoms with Gasteiger partial charge in [0.1, 0.15) is 0 Å². The number of nitrogens with two attached hydrogens (primary N) is 1. The van der Waals surface area contributed by atoms with E-state index in [1.807, 2.05) is 0 Å². The van der Waals surface area contributed by atoms with Crippen molar-refractivity contribution in [1.29, 1.82) is 0 Å². The van der Waals surface area contributed by atoms with Crippen LogP contribution in [0.15, 0.2) is 0 Å². The maximum atomic E-state index is 9.33. The molecule has 1 atom stereocenters. The maximum Gasteiger partial charge on any atom is 0.397 e. The number of rotatable bonds is 1. The second-order valence-corrected chi connectivity index (χ2v) is 3.54. The first-order valence-corrected chi connectivity index (χ1v) is 4.81. The highest BCUT2D eigenvalue weighted by atomic mass is 32.3. The average Bonchev–Trinajstić information content (AvgIpc) is 2.39. The third-order valence-electron chi connectivity index (χ3n) is 1.31. The van der Waals surface area contributed by atoms with E-state index in [9.17, 15) is 8.42 Å². The summed E-state index contributed by atoms with van der Waals surface area (Å²) in [7, 11) is -3.29. The van der Waals surface area contributed by atoms with Crippen LogP contribution in [-0.2, 0) is 14.6 Å². The van der Waals surface area contributed by atoms with Gasteiger partial charge in [-0.25, -0.2) is 0 Å². The molecule has 6 nitrogen and oxygen atoms in total. The first-order chi connectivity index (χ1) is 5.45. The standard InChI is InChI=1S/C4H10N2.CH4O4S/c5-4-1-2-6-3-4;1-5-6(2,3)4/h4,6H,1-3,5H2;1H3,(H,2,3,4). The van der Waals surface area contributed by atoms with E-state index in [0.29, 0.717) is 6.04 Å². The topological polar surface area (TPSA) is 102 Å². The third kappa shape index (κ3) is 7.89. The van der Waals surface area contributed by atoms with Crippen molar-refractivity contribution in [2.75, 3.05) is 20.2 Å². The normalized spacial score (nSPS) is 23.1. The molecule has 0 spiro atoms. The molecular weight excluding hydrogens is 184 g/mol. The maximum absolute atomic E-state index is 9.33. The summed E-state index contributed by atoms with van der Waals surface area (Å²) in [5.74, 6) is 0. The fourth-order valence-electron chi connectivity index (χ4n) is 0.677. The smallest absolute Gasteiger partial charge is 0.327 e. The molecule has 0 aromatic rings. The molecule has 0 aromatic heterocycles. The van der Waals surface area contributed by atoms with Gasteiger partial charge in [-0.2, -0.15) is 8.42 Å². The van der Waals surface area contributed by atoms with Crippen molar-refractivity contribution in [1.82, 2.24) is 5.32 Å². The van der Waals surface area contributed by atoms with Crippen molar-refractivity contribution >= 4 is 10.4 Å². The molecule has 12 heavy (non-hydrogen) atoms. The molecule has 74 valence electrons. The quantitative estimate of drug-likeness (QED) is 0.455. The van der Waals surface area contributed by atoms with Crippen LogP contribution < -0.4 is 11.1 Å². The Bertz CT molecular complexity index is 197. The van der Waals surface area contributed by atoms with E-state index in [0.717, 1.165) is 26.6 Å². The Morgan fingerprint density at radius 3 is 2.25 bits per heavy atom. The van der Waals surface area contributed by atoms with Crippen molar-refractivity contribution in [3.8, 4) is 0 Å². The van der Waals surface area contributed by atoms with Crippen molar-refractivity contribution < 1.29 is 17.2 Å². The number of hydrogen-bond acceptors (Lipinski definition) is 5. The Kier molecular flexibility index (Phi) is 5.34. The van der Waals surface area contributed by atoms with Gasteiger partial charge in [-0.15, -0.1) is 0 Å². The molecule has 1 rings (SSSR count). The number of nitrogens with one attached hydrogen (secondary N) is 1. The van der Waals surface area contributed by atoms with Crippen molar-refractivity contribution in [3.63, 3.8) is 0 Å². The fraction of sp³-hybridized carbons (Fsp3) is 1.00. The molecule has 0 aliphatic carbocycles. The molecule has 1 saturated heterocycles. The Morgan fingerprint density at radius 2 is 2.17 bits per heavy atom. The first-order valence-electron chi connectivity index (χ1n) is 3.45. The van der Waals surface area contributed by atoms with Crippen molar-refractivity contribution in [3.05, 3.63) is 0 Å². The molecule has 1 fully saturated rings. The minimum absolute atomic E-state index is 0.435. The Labute approximate surface area is 72.0 Å². The molecule has 7 heteroatoms. The van der Waals surface area contributed by atoms with Crippen LogP contribution >= 0.6 is 0 Å². The summed E-state index contributed by atoms with van der Waals surface area (Å²) < 4.78 is 29.7. The van der Waals surface area contributed by atoms with E-state index < -0.39 is 10.4 Å². The van der Waals surface area contributed by atoms with Crippen LogP contribution in [0, 0.1) is 0 Å². The molecule has 1 aliphatic rings. The largest absolute Gasteiger partial charge is 0.397 e. The number of hydrogen-bond donors (Lipinski definition) is 3. The van der Waals surface area contributed by atoms with Gasteiger partial charge in [0.15, 0.2) is 0 Å². The molecule has 0 bridgehead atoms. The predicted octanol–water partition coefficient (Wildman–Crippen LogP) is -1.26. The monoisotopic (exact) mass is 198 g/mol. The third-order valence-corrected chi connectivity index (χ3v) is 1.73. The summed E-state index contributed by atoms with van der Waals surface area (Å²) in [4.78, 5) is 0. The molecule has 4 N–H and O–H groups in total. The highest BCUT2D eigenvalue weighted by Gasteiger charge is 2.06. The van der Waals surface area contributed by atoms with Gasteiger partial charge in [0.2, 0.25) is 0 Å². The molecule has 1 heterocycles. The molecule has 0 amide bonds. The zero-order valence-corrected chi connectivity index (χ0v) is 7.67. The highest BCUT2D eigenvalue weighted by molar-refractivity contribution is 7.80. The molecule has 1 unspecified atom stereocenters. The predicted molar refractivity (Wildman–Crippen MR) is 44.0 cm³/mol. The van der Waals surface area contributed by atoms with Gasteiger partial charge in [-0.3, -0.25) is 8.74 Å². The second kappa shape index (κ2) is 5.44. The van der Waals surface area contributed by atoms with Crippen LogP contribution in [0.3, 0.4) is 0 Å². The lowest BCUT2D eigenvalue weighted by Crippen LogP contribution is -2.21. The van der Waals surface area contributed by atoms with E-state index >= 15 is 0 Å². The molecule has 1 aliphatic heterocycles. The van der Waals surface area contributed by atoms with E-state index in [4.69, 9.17) is 10.3 Å². The summed E-state index contributed by atoms with van der Waals surface area (Å²) in [5, 5.41) is 3.15. The zero-order chi connectivity index (χ0) is 9.61. The van der Waals surface area contributed by atoms with Crippen molar-refractivity contribution in [2.24, 2.45) is 5.73 Å². The highest BCUT2D eigenvalue weighted by Crippen LogP contribution is 1.90. The van der Waals surface area contributed by atoms with Gasteiger partial charge in [0.25, 0.3) is 0 Å². The zero-order valence-electron chi connectivity index (χ0n) is 6.86. The van der Waals surface area contributed by atoms with E-state index in [-0.39, 0.29) is 0 Å². The van der Waals surface area contributed by atoms with Crippen LogP contribution in [0.1, 0.15) is 6.42 Å². The van der Waals surface area contributed by atoms with Gasteiger partial charge in [-0.1, -0.05) is 0 Å². The van der Waals surface area contributed by atoms with Gasteiger partial charge in [-0.05, 0) is 13.0 Å². The Balaban J connectivity index is 0.000000202. The van der Waals surface area contributed by atoms with Crippen molar-refractivity contribution in [2.45, 2.75) is 12.5 Å². The van der Waals surface area contributed by atoms with Gasteiger partial charge in [0, 0.05) is 12.6 Å². The van der Waals surface area contributed by atoms with E-state index in [2.05, 4.69) is 9.50 Å². The van der Waals surface area contributed by atoms with Crippen LogP contribution in [0.5, 0.6) is 0 Å². The van der Waals surface area contributed by atoms with Crippen LogP contribution in [0.4, 0.5) is 0 Å². The minimum Gasteiger partial charge on any atom is -0.327 e. The average molecular weight is 198 g/mol. The van der Waals surface area contributed by atoms with Crippen LogP contribution in [-0.4, -0.2) is 39.2 Å². The van der Waals surface area contributed by atoms with Crippen LogP contribution in [0.2, 0.25) is 0 Å². The lowest BCUT2D eigenvalue weighted by molar-refractivity contribution is 0.324. The molecular formula is C5H14N2O4S. The second-order valence-electron chi connectivity index (χ2n) is 2.35. The van der Waals surface area contributed by atoms with E-state index in [1.165, 1.54) is 0 Å². The molecule has 0 saturated carbocycles. The summed E-state index contributed by atoms with van der Waals surface area (Å²) in [5.41, 5.74) is 5.47. The minimum atomic E-state index is -4.16. The Morgan fingerprint density at radius 1 is 1.67 bits per heavy atom. The fourth-order valence-corrected chi connectivity index (χ4v) is 0.677.